The number of rotatable bonds is 3. The molecule has 0 atom stereocenters. The number of nitrogens with zero attached hydrogens (tertiary/aromatic N) is 3. The summed E-state index contributed by atoms with van der Waals surface area (Å²) in [5.74, 6) is 0.723. The van der Waals surface area contributed by atoms with Crippen molar-refractivity contribution < 1.29 is 4.42 Å². The molecule has 0 fully saturated rings. The van der Waals surface area contributed by atoms with Gasteiger partial charge in [-0.15, -0.1) is 0 Å². The molecule has 0 saturated heterocycles. The fourth-order valence-corrected chi connectivity index (χ4v) is 7.80. The van der Waals surface area contributed by atoms with Crippen molar-refractivity contribution in [2.75, 3.05) is 0 Å². The zero-order valence-corrected chi connectivity index (χ0v) is 26.0. The molecule has 4 heteroatoms. The maximum Gasteiger partial charge on any atom is 0.160 e. The van der Waals surface area contributed by atoms with E-state index in [4.69, 9.17) is 14.4 Å². The Kier molecular flexibility index (Phi) is 5.31. The summed E-state index contributed by atoms with van der Waals surface area (Å²) in [5, 5.41) is 4.59. The van der Waals surface area contributed by atoms with E-state index in [1.807, 2.05) is 12.1 Å². The summed E-state index contributed by atoms with van der Waals surface area (Å²) < 4.78 is 8.66. The van der Waals surface area contributed by atoms with Gasteiger partial charge in [-0.25, -0.2) is 9.97 Å². The van der Waals surface area contributed by atoms with Gasteiger partial charge in [0, 0.05) is 54.9 Å². The van der Waals surface area contributed by atoms with E-state index in [1.54, 1.807) is 0 Å². The molecule has 3 aromatic heterocycles. The third-order valence-electron chi connectivity index (χ3n) is 9.97. The van der Waals surface area contributed by atoms with Crippen LogP contribution in [-0.4, -0.2) is 14.5 Å². The van der Waals surface area contributed by atoms with E-state index < -0.39 is 0 Å². The molecule has 0 aliphatic heterocycles. The van der Waals surface area contributed by atoms with Crippen LogP contribution < -0.4 is 0 Å². The van der Waals surface area contributed by atoms with Crippen LogP contribution >= 0.6 is 0 Å². The smallest absolute Gasteiger partial charge is 0.160 e. The Balaban J connectivity index is 1.23. The minimum absolute atomic E-state index is 0.219. The third kappa shape index (κ3) is 3.70. The largest absolute Gasteiger partial charge is 0.456 e. The van der Waals surface area contributed by atoms with Gasteiger partial charge in [-0.3, -0.25) is 0 Å². The summed E-state index contributed by atoms with van der Waals surface area (Å²) in [6.45, 7) is 4.58. The molecule has 0 amide bonds. The number of hydrogen-bond acceptors (Lipinski definition) is 3. The van der Waals surface area contributed by atoms with Gasteiger partial charge in [-0.1, -0.05) is 117 Å². The first-order chi connectivity index (χ1) is 23.1. The van der Waals surface area contributed by atoms with E-state index in [2.05, 4.69) is 146 Å². The monoisotopic (exact) mass is 603 g/mol. The first kappa shape index (κ1) is 26.2. The van der Waals surface area contributed by atoms with Gasteiger partial charge in [0.25, 0.3) is 0 Å². The molecule has 10 rings (SSSR count). The van der Waals surface area contributed by atoms with Crippen molar-refractivity contribution in [3.05, 3.63) is 151 Å². The summed E-state index contributed by atoms with van der Waals surface area (Å²) in [6.07, 6.45) is 0. The van der Waals surface area contributed by atoms with Gasteiger partial charge in [0.2, 0.25) is 0 Å². The van der Waals surface area contributed by atoms with Crippen molar-refractivity contribution in [2.45, 2.75) is 19.3 Å². The molecule has 1 aliphatic carbocycles. The molecular formula is C43H29N3O. The molecular weight excluding hydrogens is 574 g/mol. The first-order valence-electron chi connectivity index (χ1n) is 16.1. The van der Waals surface area contributed by atoms with Gasteiger partial charge in [-0.2, -0.15) is 0 Å². The molecule has 3 heterocycles. The van der Waals surface area contributed by atoms with Crippen LogP contribution in [0.4, 0.5) is 0 Å². The molecule has 9 aromatic rings. The van der Waals surface area contributed by atoms with Crippen molar-refractivity contribution in [3.63, 3.8) is 0 Å². The highest BCUT2D eigenvalue weighted by Gasteiger charge is 2.40. The van der Waals surface area contributed by atoms with Gasteiger partial charge in [-0.05, 0) is 42.0 Å². The predicted molar refractivity (Wildman–Crippen MR) is 192 cm³/mol. The Morgan fingerprint density at radius 3 is 2.15 bits per heavy atom. The first-order valence-corrected chi connectivity index (χ1v) is 16.1. The third-order valence-corrected chi connectivity index (χ3v) is 9.97. The maximum absolute atomic E-state index is 6.30. The molecule has 222 valence electrons. The summed E-state index contributed by atoms with van der Waals surface area (Å²) in [6, 6.07) is 49.2. The van der Waals surface area contributed by atoms with E-state index in [0.29, 0.717) is 0 Å². The Bertz CT molecular complexity index is 2710. The number of fused-ring (bicyclic) bond motifs is 9. The second kappa shape index (κ2) is 9.51. The number of benzene rings is 6. The van der Waals surface area contributed by atoms with Crippen molar-refractivity contribution in [3.8, 4) is 39.6 Å². The molecule has 0 bridgehead atoms. The van der Waals surface area contributed by atoms with Crippen LogP contribution in [0, 0.1) is 0 Å². The number of aromatic nitrogens is 3. The van der Waals surface area contributed by atoms with E-state index in [0.717, 1.165) is 72.4 Å². The Morgan fingerprint density at radius 1 is 0.532 bits per heavy atom. The lowest BCUT2D eigenvalue weighted by Gasteiger charge is -2.23. The highest BCUT2D eigenvalue weighted by Crippen LogP contribution is 2.51. The summed E-state index contributed by atoms with van der Waals surface area (Å²) in [4.78, 5) is 10.7. The van der Waals surface area contributed by atoms with E-state index in [9.17, 15) is 0 Å². The molecule has 0 N–H and O–H groups in total. The van der Waals surface area contributed by atoms with E-state index >= 15 is 0 Å². The molecule has 1 aliphatic rings. The molecule has 0 unspecified atom stereocenters. The Morgan fingerprint density at radius 2 is 1.26 bits per heavy atom. The summed E-state index contributed by atoms with van der Waals surface area (Å²) >= 11 is 0. The minimum atomic E-state index is -0.219. The molecule has 0 radical (unpaired) electrons. The zero-order chi connectivity index (χ0) is 31.3. The van der Waals surface area contributed by atoms with Crippen molar-refractivity contribution in [1.82, 2.24) is 14.5 Å². The molecule has 0 saturated carbocycles. The van der Waals surface area contributed by atoms with Gasteiger partial charge < -0.3 is 8.98 Å². The van der Waals surface area contributed by atoms with Crippen LogP contribution in [0.25, 0.3) is 83.3 Å². The van der Waals surface area contributed by atoms with E-state index in [-0.39, 0.29) is 5.41 Å². The van der Waals surface area contributed by atoms with E-state index in [1.165, 1.54) is 22.1 Å². The quantitative estimate of drug-likeness (QED) is 0.202. The fraction of sp³-hybridized carbons (Fsp3) is 0.0698. The SMILES string of the molecule is CC1(C)c2ccccc2-c2nc(-c3cccc(-n4c5ccccc5c5cc6oc7ccccc7c6cc54)c3)nc(-c3ccccc3)c21. The zero-order valence-electron chi connectivity index (χ0n) is 26.0. The molecule has 0 spiro atoms. The van der Waals surface area contributed by atoms with Crippen molar-refractivity contribution in [2.24, 2.45) is 0 Å². The van der Waals surface area contributed by atoms with Gasteiger partial charge in [0.05, 0.1) is 22.4 Å². The molecule has 47 heavy (non-hydrogen) atoms. The normalized spacial score (nSPS) is 13.5. The fourth-order valence-electron chi connectivity index (χ4n) is 7.80. The van der Waals surface area contributed by atoms with Crippen molar-refractivity contribution in [1.29, 1.82) is 0 Å². The van der Waals surface area contributed by atoms with Gasteiger partial charge in [0.1, 0.15) is 11.2 Å². The number of hydrogen-bond donors (Lipinski definition) is 0. The maximum atomic E-state index is 6.30. The second-order valence-corrected chi connectivity index (χ2v) is 13.0. The van der Waals surface area contributed by atoms with Crippen LogP contribution in [0.1, 0.15) is 25.0 Å². The summed E-state index contributed by atoms with van der Waals surface area (Å²) in [5.41, 5.74) is 12.7. The number of para-hydroxylation sites is 2. The van der Waals surface area contributed by atoms with Crippen LogP contribution in [0.3, 0.4) is 0 Å². The average molecular weight is 604 g/mol. The average Bonchev–Trinajstić information content (AvgIpc) is 3.72. The molecule has 6 aromatic carbocycles. The van der Waals surface area contributed by atoms with Crippen molar-refractivity contribution >= 4 is 43.7 Å². The topological polar surface area (TPSA) is 43.9 Å². The highest BCUT2D eigenvalue weighted by atomic mass is 16.3. The standard InChI is InChI=1S/C43H29N3O/c1-43(2)34-20-9-6-19-31(34)41-39(43)40(26-13-4-3-5-14-26)44-42(45-41)27-15-12-16-28(23-27)46-35-21-10-7-17-29(35)32-25-38-33(24-36(32)46)30-18-8-11-22-37(30)47-38/h3-25H,1-2H3. The molecule has 4 nitrogen and oxygen atoms in total. The van der Waals surface area contributed by atoms with Crippen LogP contribution in [-0.2, 0) is 5.41 Å². The lowest BCUT2D eigenvalue weighted by atomic mass is 9.81. The summed E-state index contributed by atoms with van der Waals surface area (Å²) in [7, 11) is 0. The van der Waals surface area contributed by atoms with Gasteiger partial charge in [0.15, 0.2) is 5.82 Å². The Hall–Kier alpha value is -6.00. The lowest BCUT2D eigenvalue weighted by molar-refractivity contribution is 0.658. The predicted octanol–water partition coefficient (Wildman–Crippen LogP) is 11.1. The number of furan rings is 1. The van der Waals surface area contributed by atoms with Crippen LogP contribution in [0.15, 0.2) is 144 Å². The Labute approximate surface area is 271 Å². The minimum Gasteiger partial charge on any atom is -0.456 e. The van der Waals surface area contributed by atoms with Crippen LogP contribution in [0.5, 0.6) is 0 Å². The van der Waals surface area contributed by atoms with Crippen LogP contribution in [0.2, 0.25) is 0 Å². The van der Waals surface area contributed by atoms with Gasteiger partial charge >= 0.3 is 0 Å². The highest BCUT2D eigenvalue weighted by molar-refractivity contribution is 6.17. The lowest BCUT2D eigenvalue weighted by Crippen LogP contribution is -2.17. The second-order valence-electron chi connectivity index (χ2n) is 13.0.